The second-order valence-corrected chi connectivity index (χ2v) is 10.6. The summed E-state index contributed by atoms with van der Waals surface area (Å²) in [6.45, 7) is 3.36. The van der Waals surface area contributed by atoms with Crippen molar-refractivity contribution in [3.63, 3.8) is 0 Å². The largest absolute Gasteiger partial charge is 0.480 e. The Morgan fingerprint density at radius 2 is 1.75 bits per heavy atom. The molecule has 4 aliphatic carbocycles. The first-order valence-electron chi connectivity index (χ1n) is 12.4. The van der Waals surface area contributed by atoms with Crippen molar-refractivity contribution in [2.24, 2.45) is 23.7 Å². The highest BCUT2D eigenvalue weighted by Crippen LogP contribution is 2.53. The smallest absolute Gasteiger partial charge is 0.328 e. The van der Waals surface area contributed by atoms with Crippen LogP contribution in [0.4, 0.5) is 0 Å². The van der Waals surface area contributed by atoms with Crippen LogP contribution in [0.15, 0.2) is 30.3 Å². The zero-order chi connectivity index (χ0) is 22.3. The molecule has 1 amide bonds. The lowest BCUT2D eigenvalue weighted by Gasteiger charge is -2.54. The molecule has 2 N–H and O–H groups in total. The van der Waals surface area contributed by atoms with E-state index in [2.05, 4.69) is 5.32 Å². The number of benzene rings is 1. The number of carboxylic acids is 1. The van der Waals surface area contributed by atoms with Gasteiger partial charge in [0.05, 0.1) is 19.1 Å². The standard InChI is InChI=1S/C26H36N2O4/c1-2-26(25(30)31,21-6-4-3-5-7-21)28-8-9-32-22(16-28)15-23(29)27-24-19-11-17-10-18(13-19)14-20(24)12-17/h3-7,17-20,22,24H,2,8-16H2,1H3,(H,27,29)(H,30,31). The Balaban J connectivity index is 1.25. The summed E-state index contributed by atoms with van der Waals surface area (Å²) in [6.07, 6.45) is 6.99. The summed E-state index contributed by atoms with van der Waals surface area (Å²) in [5.41, 5.74) is -0.310. The third-order valence-electron chi connectivity index (χ3n) is 8.76. The van der Waals surface area contributed by atoms with Crippen molar-refractivity contribution >= 4 is 11.9 Å². The first-order valence-corrected chi connectivity index (χ1v) is 12.4. The molecular weight excluding hydrogens is 404 g/mol. The summed E-state index contributed by atoms with van der Waals surface area (Å²) in [6, 6.07) is 9.79. The minimum Gasteiger partial charge on any atom is -0.480 e. The SMILES string of the molecule is CCC(C(=O)O)(c1ccccc1)N1CCOC(CC(=O)NC2C3CC4CC(C3)CC2C4)C1. The molecule has 1 heterocycles. The molecule has 1 aromatic rings. The van der Waals surface area contributed by atoms with E-state index in [9.17, 15) is 14.7 Å². The molecule has 1 saturated heterocycles. The molecule has 32 heavy (non-hydrogen) atoms. The highest BCUT2D eigenvalue weighted by molar-refractivity contribution is 5.81. The zero-order valence-electron chi connectivity index (χ0n) is 19.0. The molecule has 2 unspecified atom stereocenters. The average Bonchev–Trinajstić information content (AvgIpc) is 2.77. The first-order chi connectivity index (χ1) is 15.5. The molecule has 6 heteroatoms. The van der Waals surface area contributed by atoms with Gasteiger partial charge in [-0.05, 0) is 67.8 Å². The second-order valence-electron chi connectivity index (χ2n) is 10.6. The molecule has 1 aliphatic heterocycles. The van der Waals surface area contributed by atoms with E-state index in [-0.39, 0.29) is 12.0 Å². The summed E-state index contributed by atoms with van der Waals surface area (Å²) in [5.74, 6) is 2.29. The summed E-state index contributed by atoms with van der Waals surface area (Å²) in [4.78, 5) is 27.5. The zero-order valence-corrected chi connectivity index (χ0v) is 19.0. The second kappa shape index (κ2) is 8.79. The van der Waals surface area contributed by atoms with Crippen molar-refractivity contribution in [3.8, 4) is 0 Å². The van der Waals surface area contributed by atoms with E-state index in [1.165, 1.54) is 32.1 Å². The van der Waals surface area contributed by atoms with Gasteiger partial charge < -0.3 is 15.2 Å². The number of carbonyl (C=O) groups is 2. The molecule has 5 aliphatic rings. The van der Waals surface area contributed by atoms with E-state index in [0.29, 0.717) is 50.4 Å². The van der Waals surface area contributed by atoms with Gasteiger partial charge >= 0.3 is 5.97 Å². The summed E-state index contributed by atoms with van der Waals surface area (Å²) in [7, 11) is 0. The highest BCUT2D eigenvalue weighted by atomic mass is 16.5. The summed E-state index contributed by atoms with van der Waals surface area (Å²) in [5, 5.41) is 13.6. The quantitative estimate of drug-likeness (QED) is 0.679. The number of morpholine rings is 1. The van der Waals surface area contributed by atoms with Gasteiger partial charge in [-0.2, -0.15) is 0 Å². The maximum atomic E-state index is 13.0. The Bertz CT molecular complexity index is 815. The van der Waals surface area contributed by atoms with Crippen molar-refractivity contribution in [3.05, 3.63) is 35.9 Å². The van der Waals surface area contributed by atoms with Crippen LogP contribution in [0.5, 0.6) is 0 Å². The van der Waals surface area contributed by atoms with Gasteiger partial charge in [0.1, 0.15) is 5.54 Å². The van der Waals surface area contributed by atoms with Crippen LogP contribution in [0.2, 0.25) is 0 Å². The lowest BCUT2D eigenvalue weighted by Crippen LogP contribution is -2.59. The van der Waals surface area contributed by atoms with Gasteiger partial charge in [-0.3, -0.25) is 9.69 Å². The fourth-order valence-corrected chi connectivity index (χ4v) is 7.54. The van der Waals surface area contributed by atoms with Crippen molar-refractivity contribution < 1.29 is 19.4 Å². The van der Waals surface area contributed by atoms with Crippen LogP contribution >= 0.6 is 0 Å². The van der Waals surface area contributed by atoms with Crippen LogP contribution < -0.4 is 5.32 Å². The molecule has 6 rings (SSSR count). The van der Waals surface area contributed by atoms with E-state index in [4.69, 9.17) is 4.74 Å². The van der Waals surface area contributed by atoms with E-state index in [1.54, 1.807) is 0 Å². The predicted octanol–water partition coefficient (Wildman–Crippen LogP) is 3.41. The Morgan fingerprint density at radius 3 is 2.34 bits per heavy atom. The van der Waals surface area contributed by atoms with E-state index < -0.39 is 11.5 Å². The van der Waals surface area contributed by atoms with Crippen LogP contribution in [-0.2, 0) is 19.9 Å². The number of hydrogen-bond acceptors (Lipinski definition) is 4. The Hall–Kier alpha value is -1.92. The van der Waals surface area contributed by atoms with Crippen molar-refractivity contribution in [2.45, 2.75) is 69.6 Å². The topological polar surface area (TPSA) is 78.9 Å². The average molecular weight is 441 g/mol. The van der Waals surface area contributed by atoms with E-state index in [1.807, 2.05) is 42.2 Å². The minimum absolute atomic E-state index is 0.0615. The molecule has 1 aromatic carbocycles. The maximum Gasteiger partial charge on any atom is 0.328 e. The number of rotatable bonds is 7. The van der Waals surface area contributed by atoms with Crippen LogP contribution in [0.25, 0.3) is 0 Å². The summed E-state index contributed by atoms with van der Waals surface area (Å²) >= 11 is 0. The number of carboxylic acid groups (broad SMARTS) is 1. The van der Waals surface area contributed by atoms with Crippen LogP contribution in [0.3, 0.4) is 0 Å². The lowest BCUT2D eigenvalue weighted by molar-refractivity contribution is -0.160. The number of nitrogens with one attached hydrogen (secondary N) is 1. The molecular formula is C26H36N2O4. The number of aliphatic carboxylic acids is 1. The number of nitrogens with zero attached hydrogens (tertiary/aromatic N) is 1. The minimum atomic E-state index is -1.10. The third kappa shape index (κ3) is 3.86. The number of carbonyl (C=O) groups excluding carboxylic acids is 1. The van der Waals surface area contributed by atoms with Crippen LogP contribution in [0, 0.1) is 23.7 Å². The molecule has 4 saturated carbocycles. The van der Waals surface area contributed by atoms with Gasteiger partial charge in [0, 0.05) is 19.1 Å². The number of hydrogen-bond donors (Lipinski definition) is 2. The van der Waals surface area contributed by atoms with Gasteiger partial charge in [-0.25, -0.2) is 4.79 Å². The predicted molar refractivity (Wildman–Crippen MR) is 121 cm³/mol. The van der Waals surface area contributed by atoms with Crippen molar-refractivity contribution in [2.75, 3.05) is 19.7 Å². The molecule has 174 valence electrons. The fourth-order valence-electron chi connectivity index (χ4n) is 7.54. The monoisotopic (exact) mass is 440 g/mol. The van der Waals surface area contributed by atoms with Gasteiger partial charge in [0.25, 0.3) is 0 Å². The number of amides is 1. The van der Waals surface area contributed by atoms with Crippen LogP contribution in [0.1, 0.15) is 57.4 Å². The Labute approximate surface area is 190 Å². The number of ether oxygens (including phenoxy) is 1. The molecule has 2 atom stereocenters. The molecule has 0 spiro atoms. The molecule has 5 fully saturated rings. The molecule has 0 aromatic heterocycles. The Kier molecular flexibility index (Phi) is 6.01. The maximum absolute atomic E-state index is 13.0. The lowest BCUT2D eigenvalue weighted by atomic mass is 9.54. The van der Waals surface area contributed by atoms with Gasteiger partial charge in [0.15, 0.2) is 0 Å². The first kappa shape index (κ1) is 21.9. The molecule has 6 nitrogen and oxygen atoms in total. The van der Waals surface area contributed by atoms with E-state index in [0.717, 1.165) is 17.4 Å². The van der Waals surface area contributed by atoms with Crippen molar-refractivity contribution in [1.29, 1.82) is 0 Å². The molecule has 0 radical (unpaired) electrons. The van der Waals surface area contributed by atoms with Crippen molar-refractivity contribution in [1.82, 2.24) is 10.2 Å². The Morgan fingerprint density at radius 1 is 1.09 bits per heavy atom. The highest BCUT2D eigenvalue weighted by Gasteiger charge is 2.49. The molecule has 4 bridgehead atoms. The third-order valence-corrected chi connectivity index (χ3v) is 8.76. The van der Waals surface area contributed by atoms with Gasteiger partial charge in [-0.15, -0.1) is 0 Å². The van der Waals surface area contributed by atoms with Gasteiger partial charge in [-0.1, -0.05) is 37.3 Å². The fraction of sp³-hybridized carbons (Fsp3) is 0.692. The van der Waals surface area contributed by atoms with Crippen LogP contribution in [-0.4, -0.2) is 53.7 Å². The van der Waals surface area contributed by atoms with Gasteiger partial charge in [0.2, 0.25) is 5.91 Å². The summed E-state index contributed by atoms with van der Waals surface area (Å²) < 4.78 is 5.95. The van der Waals surface area contributed by atoms with E-state index >= 15 is 0 Å². The normalized spacial score (nSPS) is 35.9.